The highest BCUT2D eigenvalue weighted by Crippen LogP contribution is 2.23. The molecule has 2 aromatic rings. The summed E-state index contributed by atoms with van der Waals surface area (Å²) in [6, 6.07) is 8.92. The first-order valence-electron chi connectivity index (χ1n) is 11.6. The van der Waals surface area contributed by atoms with Crippen molar-refractivity contribution in [2.24, 2.45) is 0 Å². The van der Waals surface area contributed by atoms with Crippen molar-refractivity contribution < 1.29 is 24.6 Å². The van der Waals surface area contributed by atoms with E-state index in [2.05, 4.69) is 51.4 Å². The van der Waals surface area contributed by atoms with Crippen molar-refractivity contribution in [2.75, 3.05) is 32.7 Å². The first-order chi connectivity index (χ1) is 16.6. The fourth-order valence-corrected chi connectivity index (χ4v) is 4.07. The minimum Gasteiger partial charge on any atom is -0.473 e. The first-order valence-corrected chi connectivity index (χ1v) is 12.0. The number of carbonyl (C=O) groups is 3. The van der Waals surface area contributed by atoms with Crippen molar-refractivity contribution in [1.29, 1.82) is 0 Å². The summed E-state index contributed by atoms with van der Waals surface area (Å²) in [5.74, 6) is -3.48. The van der Waals surface area contributed by atoms with Crippen molar-refractivity contribution in [3.63, 3.8) is 0 Å². The molecule has 0 unspecified atom stereocenters. The number of aliphatic carboxylic acids is 2. The van der Waals surface area contributed by atoms with Gasteiger partial charge in [0.2, 0.25) is 5.91 Å². The zero-order valence-corrected chi connectivity index (χ0v) is 20.8. The second kappa shape index (κ2) is 12.1. The average Bonchev–Trinajstić information content (AvgIpc) is 3.58. The molecule has 0 spiro atoms. The van der Waals surface area contributed by atoms with Gasteiger partial charge in [0.15, 0.2) is 0 Å². The Balaban J connectivity index is 0.000000509. The van der Waals surface area contributed by atoms with Crippen LogP contribution >= 0.6 is 11.6 Å². The Bertz CT molecular complexity index is 1030. The molecular formula is C24H32ClN5O5. The van der Waals surface area contributed by atoms with Gasteiger partial charge in [0, 0.05) is 44.3 Å². The van der Waals surface area contributed by atoms with E-state index >= 15 is 0 Å². The number of carboxylic acids is 2. The molecule has 2 aliphatic rings. The van der Waals surface area contributed by atoms with Crippen molar-refractivity contribution >= 4 is 29.4 Å². The number of amides is 1. The average molecular weight is 506 g/mol. The van der Waals surface area contributed by atoms with E-state index in [1.165, 1.54) is 11.1 Å². The third kappa shape index (κ3) is 8.34. The molecule has 0 bridgehead atoms. The van der Waals surface area contributed by atoms with Crippen LogP contribution in [-0.4, -0.2) is 86.4 Å². The molecule has 1 aromatic heterocycles. The van der Waals surface area contributed by atoms with Crippen LogP contribution in [0.1, 0.15) is 35.2 Å². The largest absolute Gasteiger partial charge is 0.473 e. The second-order valence-electron chi connectivity index (χ2n) is 9.00. The number of halogens is 1. The lowest BCUT2D eigenvalue weighted by Gasteiger charge is -2.34. The summed E-state index contributed by atoms with van der Waals surface area (Å²) in [4.78, 5) is 34.8. The number of hydrogen-bond acceptors (Lipinski definition) is 6. The van der Waals surface area contributed by atoms with E-state index in [-0.39, 0.29) is 5.91 Å². The van der Waals surface area contributed by atoms with Crippen LogP contribution < -0.4 is 5.32 Å². The van der Waals surface area contributed by atoms with Gasteiger partial charge in [0.05, 0.1) is 18.8 Å². The number of carbonyl (C=O) groups excluding carboxylic acids is 1. The molecule has 0 atom stereocenters. The van der Waals surface area contributed by atoms with E-state index in [1.54, 1.807) is 0 Å². The monoisotopic (exact) mass is 505 g/mol. The van der Waals surface area contributed by atoms with Gasteiger partial charge in [-0.3, -0.25) is 14.6 Å². The highest BCUT2D eigenvalue weighted by molar-refractivity contribution is 6.30. The standard InChI is InChI=1S/C22H30ClN5O.C2H2O4/c1-16-3-5-18(6-4-16)13-28-22(23)20(17(2)25-28)14-26-9-11-27(12-10-26)15-21(29)24-19-7-8-19;3-1(4)2(5)6/h3-6,19H,7-15H2,1-2H3,(H,24,29);(H,3,4)(H,5,6). The van der Waals surface area contributed by atoms with Gasteiger partial charge in [-0.15, -0.1) is 0 Å². The molecule has 2 heterocycles. The van der Waals surface area contributed by atoms with Crippen LogP contribution in [-0.2, 0) is 27.5 Å². The number of benzene rings is 1. The van der Waals surface area contributed by atoms with Crippen LogP contribution in [0.15, 0.2) is 24.3 Å². The fraction of sp³-hybridized carbons (Fsp3) is 0.500. The van der Waals surface area contributed by atoms with E-state index in [0.29, 0.717) is 19.1 Å². The second-order valence-corrected chi connectivity index (χ2v) is 9.36. The van der Waals surface area contributed by atoms with Crippen molar-refractivity contribution in [3.8, 4) is 0 Å². The van der Waals surface area contributed by atoms with Crippen molar-refractivity contribution in [2.45, 2.75) is 45.8 Å². The molecule has 10 nitrogen and oxygen atoms in total. The number of carboxylic acid groups (broad SMARTS) is 2. The highest BCUT2D eigenvalue weighted by atomic mass is 35.5. The number of hydrogen-bond donors (Lipinski definition) is 3. The lowest BCUT2D eigenvalue weighted by Crippen LogP contribution is -2.49. The molecule has 1 saturated heterocycles. The summed E-state index contributed by atoms with van der Waals surface area (Å²) >= 11 is 6.69. The summed E-state index contributed by atoms with van der Waals surface area (Å²) in [5.41, 5.74) is 4.55. The molecule has 0 radical (unpaired) electrons. The van der Waals surface area contributed by atoms with Gasteiger partial charge < -0.3 is 15.5 Å². The predicted molar refractivity (Wildman–Crippen MR) is 130 cm³/mol. The van der Waals surface area contributed by atoms with Gasteiger partial charge in [0.1, 0.15) is 5.15 Å². The SMILES string of the molecule is Cc1ccc(Cn2nc(C)c(CN3CCN(CC(=O)NC4CC4)CC3)c2Cl)cc1.O=C(O)C(=O)O. The molecule has 3 N–H and O–H groups in total. The maximum absolute atomic E-state index is 12.0. The van der Waals surface area contributed by atoms with Crippen LogP contribution in [0.5, 0.6) is 0 Å². The maximum Gasteiger partial charge on any atom is 0.414 e. The Morgan fingerprint density at radius 3 is 2.09 bits per heavy atom. The van der Waals surface area contributed by atoms with E-state index in [1.807, 2.05) is 11.6 Å². The predicted octanol–water partition coefficient (Wildman–Crippen LogP) is 1.75. The van der Waals surface area contributed by atoms with Crippen molar-refractivity contribution in [1.82, 2.24) is 24.9 Å². The van der Waals surface area contributed by atoms with Gasteiger partial charge in [-0.05, 0) is 32.3 Å². The minimum atomic E-state index is -1.82. The summed E-state index contributed by atoms with van der Waals surface area (Å²) < 4.78 is 1.90. The highest BCUT2D eigenvalue weighted by Gasteiger charge is 2.26. The molecule has 190 valence electrons. The Labute approximate surface area is 209 Å². The molecular weight excluding hydrogens is 474 g/mol. The van der Waals surface area contributed by atoms with Gasteiger partial charge in [-0.2, -0.15) is 5.10 Å². The third-order valence-electron chi connectivity index (χ3n) is 5.98. The van der Waals surface area contributed by atoms with Gasteiger partial charge in [-0.1, -0.05) is 41.4 Å². The first kappa shape index (κ1) is 26.7. The molecule has 2 fully saturated rings. The normalized spacial score (nSPS) is 16.3. The van der Waals surface area contributed by atoms with Crippen LogP contribution in [0, 0.1) is 13.8 Å². The maximum atomic E-state index is 12.0. The molecule has 35 heavy (non-hydrogen) atoms. The molecule has 1 aromatic carbocycles. The molecule has 11 heteroatoms. The fourth-order valence-electron chi connectivity index (χ4n) is 3.77. The Morgan fingerprint density at radius 1 is 0.971 bits per heavy atom. The van der Waals surface area contributed by atoms with Gasteiger partial charge >= 0.3 is 11.9 Å². The van der Waals surface area contributed by atoms with Crippen LogP contribution in [0.3, 0.4) is 0 Å². The minimum absolute atomic E-state index is 0.164. The quantitative estimate of drug-likeness (QED) is 0.485. The van der Waals surface area contributed by atoms with E-state index in [4.69, 9.17) is 31.4 Å². The Kier molecular flexibility index (Phi) is 9.25. The number of nitrogens with one attached hydrogen (secondary N) is 1. The van der Waals surface area contributed by atoms with Crippen LogP contribution in [0.25, 0.3) is 0 Å². The number of nitrogens with zero attached hydrogens (tertiary/aromatic N) is 4. The summed E-state index contributed by atoms with van der Waals surface area (Å²) in [6.45, 7) is 9.82. The zero-order valence-electron chi connectivity index (χ0n) is 20.0. The Hall–Kier alpha value is -2.95. The number of piperazine rings is 1. The molecule has 1 saturated carbocycles. The molecule has 4 rings (SSSR count). The summed E-state index contributed by atoms with van der Waals surface area (Å²) in [7, 11) is 0. The van der Waals surface area contributed by atoms with E-state index in [9.17, 15) is 4.79 Å². The lowest BCUT2D eigenvalue weighted by molar-refractivity contribution is -0.159. The lowest BCUT2D eigenvalue weighted by atomic mass is 10.1. The Morgan fingerprint density at radius 2 is 1.54 bits per heavy atom. The van der Waals surface area contributed by atoms with Crippen LogP contribution in [0.4, 0.5) is 0 Å². The number of aromatic nitrogens is 2. The summed E-state index contributed by atoms with van der Waals surface area (Å²) in [6.07, 6.45) is 2.27. The number of rotatable bonds is 7. The van der Waals surface area contributed by atoms with Crippen LogP contribution in [0.2, 0.25) is 5.15 Å². The zero-order chi connectivity index (χ0) is 25.5. The van der Waals surface area contributed by atoms with Crippen molar-refractivity contribution in [3.05, 3.63) is 51.8 Å². The summed E-state index contributed by atoms with van der Waals surface area (Å²) in [5, 5.41) is 23.3. The van der Waals surface area contributed by atoms with Gasteiger partial charge in [-0.25, -0.2) is 14.3 Å². The van der Waals surface area contributed by atoms with Gasteiger partial charge in [0.25, 0.3) is 0 Å². The smallest absolute Gasteiger partial charge is 0.414 e. The molecule has 1 amide bonds. The van der Waals surface area contributed by atoms with E-state index in [0.717, 1.165) is 62.0 Å². The number of aryl methyl sites for hydroxylation is 2. The topological polar surface area (TPSA) is 128 Å². The molecule has 1 aliphatic carbocycles. The van der Waals surface area contributed by atoms with E-state index < -0.39 is 11.9 Å². The molecule has 1 aliphatic heterocycles. The third-order valence-corrected chi connectivity index (χ3v) is 6.40.